The van der Waals surface area contributed by atoms with Crippen LogP contribution in [-0.2, 0) is 10.8 Å². The average Bonchev–Trinajstić information content (AvgIpc) is 4.01. The molecule has 0 N–H and O–H groups in total. The number of rotatable bonds is 8. The molecule has 1 heterocycles. The highest BCUT2D eigenvalue weighted by molar-refractivity contribution is 6.02. The quantitative estimate of drug-likeness (QED) is 0.151. The Balaban J connectivity index is 0.944. The fourth-order valence-electron chi connectivity index (χ4n) is 11.6. The third-order valence-corrected chi connectivity index (χ3v) is 14.8. The SMILES string of the molecule is CC1(C)c2ccccc2-c2ccc(N(c3ccc(-c4ccc(-c5ccccc5)cc4)cc3)c3ccc(-c4cccc5c4-c4oc6ccccc6c4C5(c4ccccc4)c4ccccc4)cc3)cc21. The highest BCUT2D eigenvalue weighted by Gasteiger charge is 2.50. The highest BCUT2D eigenvalue weighted by Crippen LogP contribution is 2.61. The van der Waals surface area contributed by atoms with Crippen LogP contribution in [0.4, 0.5) is 17.1 Å². The summed E-state index contributed by atoms with van der Waals surface area (Å²) in [5.41, 5.74) is 21.9. The molecule has 11 aromatic rings. The lowest BCUT2D eigenvalue weighted by molar-refractivity contribution is 0.628. The van der Waals surface area contributed by atoms with Crippen LogP contribution in [0.3, 0.4) is 0 Å². The Morgan fingerprint density at radius 2 is 0.824 bits per heavy atom. The van der Waals surface area contributed by atoms with Gasteiger partial charge in [-0.3, -0.25) is 0 Å². The molecule has 0 fully saturated rings. The number of hydrogen-bond acceptors (Lipinski definition) is 2. The van der Waals surface area contributed by atoms with E-state index in [2.05, 4.69) is 267 Å². The molecule has 0 saturated heterocycles. The van der Waals surface area contributed by atoms with Gasteiger partial charge in [-0.2, -0.15) is 0 Å². The van der Waals surface area contributed by atoms with Crippen molar-refractivity contribution in [2.24, 2.45) is 0 Å². The maximum absolute atomic E-state index is 7.01. The smallest absolute Gasteiger partial charge is 0.141 e. The summed E-state index contributed by atoms with van der Waals surface area (Å²) in [6.45, 7) is 4.71. The Hall–Kier alpha value is -8.46. The van der Waals surface area contributed by atoms with Crippen LogP contribution in [0.15, 0.2) is 253 Å². The Bertz CT molecular complexity index is 3620. The van der Waals surface area contributed by atoms with Crippen LogP contribution >= 0.6 is 0 Å². The van der Waals surface area contributed by atoms with Gasteiger partial charge in [-0.25, -0.2) is 0 Å². The summed E-state index contributed by atoms with van der Waals surface area (Å²) in [7, 11) is 0. The van der Waals surface area contributed by atoms with Gasteiger partial charge in [0.05, 0.1) is 5.41 Å². The van der Waals surface area contributed by atoms with Crippen molar-refractivity contribution in [1.29, 1.82) is 0 Å². The normalized spacial score (nSPS) is 13.7. The van der Waals surface area contributed by atoms with Gasteiger partial charge < -0.3 is 9.32 Å². The Morgan fingerprint density at radius 1 is 0.353 bits per heavy atom. The van der Waals surface area contributed by atoms with Crippen molar-refractivity contribution in [3.05, 3.63) is 282 Å². The summed E-state index contributed by atoms with van der Waals surface area (Å²) in [5.74, 6) is 0.937. The first-order valence-corrected chi connectivity index (χ1v) is 23.7. The highest BCUT2D eigenvalue weighted by atomic mass is 16.3. The minimum atomic E-state index is -0.580. The number of hydrogen-bond donors (Lipinski definition) is 0. The number of para-hydroxylation sites is 1. The molecule has 0 atom stereocenters. The fourth-order valence-corrected chi connectivity index (χ4v) is 11.6. The Kier molecular flexibility index (Phi) is 9.13. The van der Waals surface area contributed by atoms with Crippen LogP contribution in [0.2, 0.25) is 0 Å². The van der Waals surface area contributed by atoms with Gasteiger partial charge in [0.25, 0.3) is 0 Å². The van der Waals surface area contributed by atoms with Crippen molar-refractivity contribution in [2.75, 3.05) is 4.90 Å². The molecule has 68 heavy (non-hydrogen) atoms. The molecule has 0 saturated carbocycles. The van der Waals surface area contributed by atoms with E-state index in [1.165, 1.54) is 66.8 Å². The first-order valence-electron chi connectivity index (χ1n) is 23.7. The minimum Gasteiger partial charge on any atom is -0.456 e. The lowest BCUT2D eigenvalue weighted by Crippen LogP contribution is -2.28. The monoisotopic (exact) mass is 869 g/mol. The molecular formula is C66H47NO. The van der Waals surface area contributed by atoms with E-state index in [1.807, 2.05) is 0 Å². The van der Waals surface area contributed by atoms with Gasteiger partial charge in [0.2, 0.25) is 0 Å². The number of nitrogens with zero attached hydrogens (tertiary/aromatic N) is 1. The summed E-state index contributed by atoms with van der Waals surface area (Å²) in [6, 6.07) is 90.9. The van der Waals surface area contributed by atoms with Gasteiger partial charge in [-0.05, 0) is 115 Å². The maximum atomic E-state index is 7.01. The predicted molar refractivity (Wildman–Crippen MR) is 282 cm³/mol. The second-order valence-electron chi connectivity index (χ2n) is 18.8. The molecule has 0 bridgehead atoms. The predicted octanol–water partition coefficient (Wildman–Crippen LogP) is 17.6. The van der Waals surface area contributed by atoms with Crippen molar-refractivity contribution in [1.82, 2.24) is 0 Å². The topological polar surface area (TPSA) is 16.4 Å². The third kappa shape index (κ3) is 6.04. The molecule has 10 aromatic carbocycles. The van der Waals surface area contributed by atoms with E-state index in [9.17, 15) is 0 Å². The summed E-state index contributed by atoms with van der Waals surface area (Å²) in [5, 5.41) is 1.14. The molecule has 0 aliphatic heterocycles. The van der Waals surface area contributed by atoms with Crippen LogP contribution in [0.25, 0.3) is 66.8 Å². The molecule has 2 heteroatoms. The molecule has 13 rings (SSSR count). The molecule has 2 aliphatic rings. The van der Waals surface area contributed by atoms with E-state index >= 15 is 0 Å². The van der Waals surface area contributed by atoms with E-state index in [0.29, 0.717) is 0 Å². The molecule has 322 valence electrons. The lowest BCUT2D eigenvalue weighted by Gasteiger charge is -2.33. The van der Waals surface area contributed by atoms with Crippen LogP contribution in [-0.4, -0.2) is 0 Å². The third-order valence-electron chi connectivity index (χ3n) is 14.8. The van der Waals surface area contributed by atoms with Crippen molar-refractivity contribution < 1.29 is 4.42 Å². The van der Waals surface area contributed by atoms with Gasteiger partial charge in [0, 0.05) is 39.0 Å². The van der Waals surface area contributed by atoms with Crippen molar-refractivity contribution in [3.8, 4) is 55.8 Å². The number of benzene rings is 10. The van der Waals surface area contributed by atoms with Crippen molar-refractivity contribution >= 4 is 28.0 Å². The Morgan fingerprint density at radius 3 is 1.47 bits per heavy atom. The molecule has 0 radical (unpaired) electrons. The zero-order valence-corrected chi connectivity index (χ0v) is 38.0. The van der Waals surface area contributed by atoms with Gasteiger partial charge in [-0.15, -0.1) is 0 Å². The average molecular weight is 870 g/mol. The molecule has 0 spiro atoms. The summed E-state index contributed by atoms with van der Waals surface area (Å²) in [4.78, 5) is 2.41. The second-order valence-corrected chi connectivity index (χ2v) is 18.8. The first-order chi connectivity index (χ1) is 33.5. The van der Waals surface area contributed by atoms with Crippen molar-refractivity contribution in [3.63, 3.8) is 0 Å². The molecular weight excluding hydrogens is 823 g/mol. The van der Waals surface area contributed by atoms with Gasteiger partial charge >= 0.3 is 0 Å². The lowest BCUT2D eigenvalue weighted by atomic mass is 9.67. The summed E-state index contributed by atoms with van der Waals surface area (Å²) < 4.78 is 7.01. The largest absolute Gasteiger partial charge is 0.456 e. The molecule has 0 amide bonds. The Labute approximate surface area is 398 Å². The minimum absolute atomic E-state index is 0.134. The summed E-state index contributed by atoms with van der Waals surface area (Å²) >= 11 is 0. The standard InChI is InChI=1S/C66H47NO/c1-65(2)58-26-14-12-23-55(58)56-42-41-53(43-60(56)65)67(51-37-33-47(34-38-51)46-31-29-45(30-32-46)44-17-6-3-7-18-44)52-39-35-48(36-40-52)54-25-16-27-59-62(54)64-63(57-24-13-15-28-61(57)68-64)66(59,49-19-8-4-9-20-49)50-21-10-5-11-22-50/h3-43H,1-2H3. The van der Waals surface area contributed by atoms with E-state index in [0.717, 1.165) is 50.5 Å². The number of furan rings is 1. The van der Waals surface area contributed by atoms with Gasteiger partial charge in [0.15, 0.2) is 0 Å². The van der Waals surface area contributed by atoms with E-state index < -0.39 is 5.41 Å². The number of anilines is 3. The first kappa shape index (κ1) is 39.9. The molecule has 2 aliphatic carbocycles. The van der Waals surface area contributed by atoms with Crippen molar-refractivity contribution in [2.45, 2.75) is 24.7 Å². The fraction of sp³-hybridized carbons (Fsp3) is 0.0606. The zero-order valence-electron chi connectivity index (χ0n) is 38.0. The van der Waals surface area contributed by atoms with Gasteiger partial charge in [0.1, 0.15) is 11.3 Å². The molecule has 2 nitrogen and oxygen atoms in total. The molecule has 0 unspecified atom stereocenters. The number of fused-ring (bicyclic) bond motifs is 8. The van der Waals surface area contributed by atoms with E-state index in [4.69, 9.17) is 4.42 Å². The van der Waals surface area contributed by atoms with Crippen LogP contribution < -0.4 is 4.90 Å². The summed E-state index contributed by atoms with van der Waals surface area (Å²) in [6.07, 6.45) is 0. The molecule has 1 aromatic heterocycles. The second kappa shape index (κ2) is 15.6. The van der Waals surface area contributed by atoms with Crippen LogP contribution in [0, 0.1) is 0 Å². The van der Waals surface area contributed by atoms with Crippen LogP contribution in [0.5, 0.6) is 0 Å². The van der Waals surface area contributed by atoms with Gasteiger partial charge in [-0.1, -0.05) is 220 Å². The van der Waals surface area contributed by atoms with E-state index in [1.54, 1.807) is 0 Å². The maximum Gasteiger partial charge on any atom is 0.141 e. The van der Waals surface area contributed by atoms with E-state index in [-0.39, 0.29) is 5.41 Å². The zero-order chi connectivity index (χ0) is 45.4. The van der Waals surface area contributed by atoms with Crippen LogP contribution in [0.1, 0.15) is 47.2 Å².